The second kappa shape index (κ2) is 9.39. The van der Waals surface area contributed by atoms with E-state index in [1.165, 1.54) is 0 Å². The monoisotopic (exact) mass is 556 g/mol. The van der Waals surface area contributed by atoms with Gasteiger partial charge in [-0.1, -0.05) is 24.3 Å². The van der Waals surface area contributed by atoms with Gasteiger partial charge >= 0.3 is 6.01 Å². The van der Waals surface area contributed by atoms with Gasteiger partial charge in [0.05, 0.1) is 16.7 Å². The van der Waals surface area contributed by atoms with Crippen molar-refractivity contribution >= 4 is 27.5 Å². The summed E-state index contributed by atoms with van der Waals surface area (Å²) in [5.41, 5.74) is 1.14. The molecule has 9 nitrogen and oxygen atoms in total. The van der Waals surface area contributed by atoms with Crippen LogP contribution in [0.15, 0.2) is 47.3 Å². The van der Waals surface area contributed by atoms with Crippen molar-refractivity contribution in [1.29, 1.82) is 0 Å². The minimum Gasteiger partial charge on any atom is -0.508 e. The molecule has 0 aliphatic carbocycles. The van der Waals surface area contributed by atoms with E-state index in [1.54, 1.807) is 12.1 Å². The number of ether oxygens (including phenoxy) is 1. The fraction of sp³-hybridized carbons (Fsp3) is 0.452. The molecule has 4 aromatic rings. The minimum atomic E-state index is -0.846. The molecule has 41 heavy (non-hydrogen) atoms. The standard InChI is InChI=1S/C31H33FN6O3/c32-19-13-31(8-3-9-38(31)14-19)17-41-30-35-26-12-25(24-11-22(39)10-18-4-1-2-5-23(18)24)34-29(40)27(26)28(36-30)37-15-20-6-7-21(16-37)33-20/h1-2,4-5,10-12,19-21,33,39H,3,6-9,13-17H2,(H,34,40)/t19-,20-,21+,31+/m1/s1. The van der Waals surface area contributed by atoms with Crippen LogP contribution in [0.2, 0.25) is 0 Å². The van der Waals surface area contributed by atoms with Crippen molar-refractivity contribution in [2.75, 3.05) is 37.7 Å². The first-order chi connectivity index (χ1) is 19.9. The molecule has 10 heteroatoms. The van der Waals surface area contributed by atoms with Crippen LogP contribution in [0, 0.1) is 0 Å². The van der Waals surface area contributed by atoms with E-state index in [1.807, 2.05) is 30.3 Å². The second-order valence-electron chi connectivity index (χ2n) is 12.2. The molecule has 212 valence electrons. The van der Waals surface area contributed by atoms with Crippen molar-refractivity contribution in [2.24, 2.45) is 0 Å². The molecule has 4 aliphatic heterocycles. The number of anilines is 1. The molecule has 2 bridgehead atoms. The summed E-state index contributed by atoms with van der Waals surface area (Å²) in [7, 11) is 0. The normalized spacial score (nSPS) is 27.6. The summed E-state index contributed by atoms with van der Waals surface area (Å²) in [4.78, 5) is 30.8. The first-order valence-corrected chi connectivity index (χ1v) is 14.6. The fourth-order valence-corrected chi connectivity index (χ4v) is 7.70. The predicted molar refractivity (Wildman–Crippen MR) is 155 cm³/mol. The average molecular weight is 557 g/mol. The zero-order chi connectivity index (χ0) is 27.7. The number of aromatic nitrogens is 3. The Morgan fingerprint density at radius 1 is 1.10 bits per heavy atom. The summed E-state index contributed by atoms with van der Waals surface area (Å²) >= 11 is 0. The van der Waals surface area contributed by atoms with Gasteiger partial charge in [0.2, 0.25) is 0 Å². The van der Waals surface area contributed by atoms with Gasteiger partial charge in [-0.25, -0.2) is 4.39 Å². The number of nitrogens with one attached hydrogen (secondary N) is 2. The van der Waals surface area contributed by atoms with Crippen LogP contribution < -0.4 is 20.5 Å². The third kappa shape index (κ3) is 4.23. The Balaban J connectivity index is 1.25. The zero-order valence-corrected chi connectivity index (χ0v) is 22.8. The van der Waals surface area contributed by atoms with Crippen LogP contribution in [0.3, 0.4) is 0 Å². The molecular weight excluding hydrogens is 523 g/mol. The number of H-pyrrole nitrogens is 1. The molecular formula is C31H33FN6O3. The summed E-state index contributed by atoms with van der Waals surface area (Å²) in [5.74, 6) is 0.693. The molecule has 0 unspecified atom stereocenters. The maximum Gasteiger partial charge on any atom is 0.319 e. The molecule has 8 rings (SSSR count). The molecule has 0 radical (unpaired) electrons. The van der Waals surface area contributed by atoms with E-state index in [0.717, 1.165) is 56.1 Å². The van der Waals surface area contributed by atoms with Crippen molar-refractivity contribution in [3.05, 3.63) is 52.8 Å². The number of aromatic amines is 1. The second-order valence-corrected chi connectivity index (χ2v) is 12.2. The molecule has 3 N–H and O–H groups in total. The van der Waals surface area contributed by atoms with Gasteiger partial charge in [0, 0.05) is 43.7 Å². The van der Waals surface area contributed by atoms with Gasteiger partial charge < -0.3 is 25.0 Å². The van der Waals surface area contributed by atoms with Crippen molar-refractivity contribution < 1.29 is 14.2 Å². The Labute approximate surface area is 236 Å². The highest BCUT2D eigenvalue weighted by Crippen LogP contribution is 2.41. The molecule has 4 saturated heterocycles. The largest absolute Gasteiger partial charge is 0.508 e. The van der Waals surface area contributed by atoms with Gasteiger partial charge in [-0.2, -0.15) is 9.97 Å². The van der Waals surface area contributed by atoms with E-state index in [2.05, 4.69) is 20.1 Å². The number of halogens is 1. The van der Waals surface area contributed by atoms with Crippen LogP contribution in [0.4, 0.5) is 10.2 Å². The Hall–Kier alpha value is -3.76. The third-order valence-electron chi connectivity index (χ3n) is 9.54. The molecule has 2 aromatic heterocycles. The van der Waals surface area contributed by atoms with Crippen LogP contribution in [0.5, 0.6) is 11.8 Å². The molecule has 4 aliphatic rings. The number of hydrogen-bond donors (Lipinski definition) is 3. The van der Waals surface area contributed by atoms with Crippen LogP contribution >= 0.6 is 0 Å². The fourth-order valence-electron chi connectivity index (χ4n) is 7.70. The Morgan fingerprint density at radius 3 is 2.78 bits per heavy atom. The number of fused-ring (bicyclic) bond motifs is 5. The van der Waals surface area contributed by atoms with E-state index >= 15 is 0 Å². The number of phenolic OH excluding ortho intramolecular Hbond substituents is 1. The SMILES string of the molecule is O=c1[nH]c(-c2cc(O)cc3ccccc23)cc2nc(OC[C@@]34CCCN3C[C@H](F)C4)nc(N3C[C@H]4CC[C@@H](C3)N4)c12. The van der Waals surface area contributed by atoms with E-state index in [9.17, 15) is 14.3 Å². The summed E-state index contributed by atoms with van der Waals surface area (Å²) in [6, 6.07) is 13.9. The van der Waals surface area contributed by atoms with Gasteiger partial charge in [-0.05, 0) is 61.2 Å². The Kier molecular flexibility index (Phi) is 5.72. The molecule has 6 heterocycles. The van der Waals surface area contributed by atoms with Gasteiger partial charge in [0.15, 0.2) is 0 Å². The van der Waals surface area contributed by atoms with Crippen LogP contribution in [0.1, 0.15) is 32.1 Å². The van der Waals surface area contributed by atoms with E-state index < -0.39 is 6.17 Å². The number of rotatable bonds is 5. The number of piperazine rings is 1. The van der Waals surface area contributed by atoms with E-state index in [0.29, 0.717) is 59.6 Å². The molecule has 0 saturated carbocycles. The topological polar surface area (TPSA) is 107 Å². The van der Waals surface area contributed by atoms with E-state index in [-0.39, 0.29) is 22.9 Å². The number of phenols is 1. The Bertz CT molecular complexity index is 1720. The smallest absolute Gasteiger partial charge is 0.319 e. The molecule has 2 aromatic carbocycles. The van der Waals surface area contributed by atoms with Gasteiger partial charge in [0.25, 0.3) is 5.56 Å². The Morgan fingerprint density at radius 2 is 1.93 bits per heavy atom. The molecule has 0 amide bonds. The zero-order valence-electron chi connectivity index (χ0n) is 22.8. The lowest BCUT2D eigenvalue weighted by molar-refractivity contribution is 0.107. The van der Waals surface area contributed by atoms with E-state index in [4.69, 9.17) is 14.7 Å². The van der Waals surface area contributed by atoms with Crippen LogP contribution in [0.25, 0.3) is 32.9 Å². The molecule has 4 fully saturated rings. The number of nitrogens with zero attached hydrogens (tertiary/aromatic N) is 4. The van der Waals surface area contributed by atoms with Crippen molar-refractivity contribution in [3.63, 3.8) is 0 Å². The molecule has 4 atom stereocenters. The highest BCUT2D eigenvalue weighted by Gasteiger charge is 2.49. The van der Waals surface area contributed by atoms with Crippen molar-refractivity contribution in [1.82, 2.24) is 25.2 Å². The average Bonchev–Trinajstić information content (AvgIpc) is 3.61. The maximum atomic E-state index is 14.4. The lowest BCUT2D eigenvalue weighted by Gasteiger charge is -2.34. The quantitative estimate of drug-likeness (QED) is 0.342. The minimum absolute atomic E-state index is 0.117. The highest BCUT2D eigenvalue weighted by atomic mass is 19.1. The summed E-state index contributed by atoms with van der Waals surface area (Å²) in [6.45, 7) is 3.16. The van der Waals surface area contributed by atoms with Crippen molar-refractivity contribution in [3.8, 4) is 23.0 Å². The summed E-state index contributed by atoms with van der Waals surface area (Å²) < 4.78 is 20.7. The van der Waals surface area contributed by atoms with Gasteiger partial charge in [0.1, 0.15) is 29.7 Å². The summed E-state index contributed by atoms with van der Waals surface area (Å²) in [5, 5.41) is 16.3. The van der Waals surface area contributed by atoms with Gasteiger partial charge in [-0.3, -0.25) is 9.69 Å². The molecule has 0 spiro atoms. The number of benzene rings is 2. The number of pyridine rings is 1. The van der Waals surface area contributed by atoms with Crippen LogP contribution in [-0.4, -0.2) is 81.5 Å². The predicted octanol–water partition coefficient (Wildman–Crippen LogP) is 3.74. The summed E-state index contributed by atoms with van der Waals surface area (Å²) in [6.07, 6.45) is 3.73. The lowest BCUT2D eigenvalue weighted by atomic mass is 9.95. The number of hydrogen-bond acceptors (Lipinski definition) is 8. The third-order valence-corrected chi connectivity index (χ3v) is 9.54. The van der Waals surface area contributed by atoms with Gasteiger partial charge in [-0.15, -0.1) is 0 Å². The number of alkyl halides is 1. The first-order valence-electron chi connectivity index (χ1n) is 14.6. The number of aromatic hydroxyl groups is 1. The first kappa shape index (κ1) is 25.0. The highest BCUT2D eigenvalue weighted by molar-refractivity contribution is 5.99. The maximum absolute atomic E-state index is 14.4. The van der Waals surface area contributed by atoms with Crippen LogP contribution in [-0.2, 0) is 0 Å². The van der Waals surface area contributed by atoms with Crippen molar-refractivity contribution in [2.45, 2.75) is 55.9 Å². The lowest BCUT2D eigenvalue weighted by Crippen LogP contribution is -2.51.